The normalized spacial score (nSPS) is 21.3. The first-order valence-corrected chi connectivity index (χ1v) is 7.91. The van der Waals surface area contributed by atoms with Crippen LogP contribution in [0.15, 0.2) is 35.5 Å². The highest BCUT2D eigenvalue weighted by atomic mass is 16.2. The molecule has 1 amide bonds. The number of fused-ring (bicyclic) bond motifs is 2. The summed E-state index contributed by atoms with van der Waals surface area (Å²) in [6.07, 6.45) is 1.75. The van der Waals surface area contributed by atoms with Gasteiger partial charge in [-0.3, -0.25) is 14.6 Å². The highest BCUT2D eigenvalue weighted by Gasteiger charge is 2.36. The van der Waals surface area contributed by atoms with E-state index < -0.39 is 11.6 Å². The molecule has 2 aliphatic heterocycles. The lowest BCUT2D eigenvalue weighted by Gasteiger charge is -2.34. The number of nitrogens with one attached hydrogen (secondary N) is 3. The van der Waals surface area contributed by atoms with Crippen LogP contribution in [-0.4, -0.2) is 34.0 Å². The van der Waals surface area contributed by atoms with E-state index in [0.29, 0.717) is 5.69 Å². The molecular formula is C18H18N4O2. The van der Waals surface area contributed by atoms with E-state index in [0.717, 1.165) is 28.2 Å². The Morgan fingerprint density at radius 1 is 1.12 bits per heavy atom. The zero-order valence-corrected chi connectivity index (χ0v) is 13.7. The van der Waals surface area contributed by atoms with Gasteiger partial charge in [0.1, 0.15) is 11.6 Å². The van der Waals surface area contributed by atoms with Crippen LogP contribution in [0.4, 0.5) is 11.4 Å². The van der Waals surface area contributed by atoms with Gasteiger partial charge in [-0.05, 0) is 32.9 Å². The van der Waals surface area contributed by atoms with Crippen molar-refractivity contribution in [2.75, 3.05) is 10.6 Å². The van der Waals surface area contributed by atoms with Gasteiger partial charge in [-0.2, -0.15) is 0 Å². The average molecular weight is 322 g/mol. The van der Waals surface area contributed by atoms with Crippen molar-refractivity contribution in [3.05, 3.63) is 47.3 Å². The van der Waals surface area contributed by atoms with Crippen LogP contribution in [0.3, 0.4) is 0 Å². The van der Waals surface area contributed by atoms with Crippen molar-refractivity contribution < 1.29 is 9.59 Å². The Hall–Kier alpha value is -2.89. The minimum Gasteiger partial charge on any atom is -0.369 e. The second kappa shape index (κ2) is 4.80. The Kier molecular flexibility index (Phi) is 2.94. The van der Waals surface area contributed by atoms with Crippen molar-refractivity contribution >= 4 is 28.8 Å². The fourth-order valence-electron chi connectivity index (χ4n) is 3.15. The van der Waals surface area contributed by atoms with Crippen LogP contribution in [0.1, 0.15) is 42.4 Å². The predicted octanol–water partition coefficient (Wildman–Crippen LogP) is 2.58. The molecule has 3 heterocycles. The summed E-state index contributed by atoms with van der Waals surface area (Å²) in [7, 11) is 0. The zero-order valence-electron chi connectivity index (χ0n) is 13.7. The number of anilines is 2. The highest BCUT2D eigenvalue weighted by Crippen LogP contribution is 2.36. The topological polar surface area (TPSA) is 86.3 Å². The van der Waals surface area contributed by atoms with E-state index in [1.807, 2.05) is 38.1 Å². The van der Waals surface area contributed by atoms with Gasteiger partial charge in [-0.25, -0.2) is 0 Å². The van der Waals surface area contributed by atoms with Crippen molar-refractivity contribution in [2.45, 2.75) is 32.4 Å². The van der Waals surface area contributed by atoms with E-state index in [4.69, 9.17) is 0 Å². The molecule has 0 aliphatic carbocycles. The number of aromatic amines is 1. The summed E-state index contributed by atoms with van der Waals surface area (Å²) in [6, 6.07) is 7.12. The van der Waals surface area contributed by atoms with Gasteiger partial charge in [-0.1, -0.05) is 12.1 Å². The zero-order chi connectivity index (χ0) is 17.1. The molecule has 6 heteroatoms. The molecule has 1 atom stereocenters. The van der Waals surface area contributed by atoms with Crippen molar-refractivity contribution in [1.29, 1.82) is 0 Å². The molecule has 0 saturated carbocycles. The van der Waals surface area contributed by atoms with Crippen LogP contribution in [0.2, 0.25) is 0 Å². The quantitative estimate of drug-likeness (QED) is 0.754. The molecule has 4 rings (SSSR count). The maximum Gasteiger partial charge on any atom is 0.249 e. The number of benzene rings is 1. The van der Waals surface area contributed by atoms with E-state index in [9.17, 15) is 9.59 Å². The lowest BCUT2D eigenvalue weighted by Crippen LogP contribution is -2.48. The SMILES string of the molecule is CC1N=C(c2cccc3c2NC(C)(C)C(=O)N3)c2cc[nH]c2C1=O. The Morgan fingerprint density at radius 3 is 2.71 bits per heavy atom. The number of Topliss-reactive ketones (excluding diaryl/α,β-unsaturated/α-hetero) is 1. The average Bonchev–Trinajstić information content (AvgIpc) is 3.01. The monoisotopic (exact) mass is 322 g/mol. The number of aliphatic imine (C=N–C) groups is 1. The van der Waals surface area contributed by atoms with Crippen LogP contribution < -0.4 is 10.6 Å². The summed E-state index contributed by atoms with van der Waals surface area (Å²) in [6.45, 7) is 5.46. The minimum absolute atomic E-state index is 0.00913. The lowest BCUT2D eigenvalue weighted by molar-refractivity contribution is -0.119. The summed E-state index contributed by atoms with van der Waals surface area (Å²) in [4.78, 5) is 32.1. The molecule has 1 aromatic carbocycles. The number of carbonyl (C=O) groups is 2. The van der Waals surface area contributed by atoms with Gasteiger partial charge in [0.25, 0.3) is 0 Å². The maximum absolute atomic E-state index is 12.3. The molecular weight excluding hydrogens is 304 g/mol. The lowest BCUT2D eigenvalue weighted by atomic mass is 9.91. The summed E-state index contributed by atoms with van der Waals surface area (Å²) in [5, 5.41) is 6.25. The summed E-state index contributed by atoms with van der Waals surface area (Å²) in [5.74, 6) is -0.0891. The number of H-pyrrole nitrogens is 1. The second-order valence-electron chi connectivity index (χ2n) is 6.72. The predicted molar refractivity (Wildman–Crippen MR) is 93.0 cm³/mol. The van der Waals surface area contributed by atoms with Crippen LogP contribution in [0, 0.1) is 0 Å². The van der Waals surface area contributed by atoms with E-state index >= 15 is 0 Å². The van der Waals surface area contributed by atoms with E-state index in [-0.39, 0.29) is 11.7 Å². The first-order chi connectivity index (χ1) is 11.4. The largest absolute Gasteiger partial charge is 0.369 e. The van der Waals surface area contributed by atoms with E-state index in [2.05, 4.69) is 20.6 Å². The van der Waals surface area contributed by atoms with Gasteiger partial charge in [-0.15, -0.1) is 0 Å². The Morgan fingerprint density at radius 2 is 1.92 bits per heavy atom. The smallest absolute Gasteiger partial charge is 0.249 e. The van der Waals surface area contributed by atoms with Gasteiger partial charge in [0.15, 0.2) is 0 Å². The number of hydrogen-bond donors (Lipinski definition) is 3. The number of carbonyl (C=O) groups excluding carboxylic acids is 2. The van der Waals surface area contributed by atoms with Gasteiger partial charge in [0.2, 0.25) is 11.7 Å². The molecule has 2 aliphatic rings. The summed E-state index contributed by atoms with van der Waals surface area (Å²) < 4.78 is 0. The fourth-order valence-corrected chi connectivity index (χ4v) is 3.15. The molecule has 0 spiro atoms. The first kappa shape index (κ1) is 14.7. The van der Waals surface area contributed by atoms with Crippen LogP contribution in [0.5, 0.6) is 0 Å². The van der Waals surface area contributed by atoms with Gasteiger partial charge < -0.3 is 15.6 Å². The van der Waals surface area contributed by atoms with Crippen LogP contribution in [-0.2, 0) is 4.79 Å². The van der Waals surface area contributed by atoms with Gasteiger partial charge in [0, 0.05) is 17.3 Å². The Balaban J connectivity index is 1.91. The molecule has 0 bridgehead atoms. The third kappa shape index (κ3) is 1.99. The number of para-hydroxylation sites is 1. The van der Waals surface area contributed by atoms with E-state index in [1.165, 1.54) is 0 Å². The number of ketones is 1. The second-order valence-corrected chi connectivity index (χ2v) is 6.72. The third-order valence-corrected chi connectivity index (χ3v) is 4.52. The molecule has 1 aromatic heterocycles. The molecule has 122 valence electrons. The molecule has 3 N–H and O–H groups in total. The van der Waals surface area contributed by atoms with Crippen molar-refractivity contribution in [3.8, 4) is 0 Å². The van der Waals surface area contributed by atoms with Crippen molar-refractivity contribution in [2.24, 2.45) is 4.99 Å². The molecule has 0 saturated heterocycles. The minimum atomic E-state index is -0.721. The number of amides is 1. The third-order valence-electron chi connectivity index (χ3n) is 4.52. The summed E-state index contributed by atoms with van der Waals surface area (Å²) >= 11 is 0. The number of hydrogen-bond acceptors (Lipinski definition) is 4. The van der Waals surface area contributed by atoms with Crippen molar-refractivity contribution in [1.82, 2.24) is 4.98 Å². The number of aromatic nitrogens is 1. The number of nitrogens with zero attached hydrogens (tertiary/aromatic N) is 1. The van der Waals surface area contributed by atoms with Crippen LogP contribution in [0.25, 0.3) is 0 Å². The molecule has 0 fully saturated rings. The number of rotatable bonds is 1. The Bertz CT molecular complexity index is 907. The fraction of sp³-hybridized carbons (Fsp3) is 0.278. The molecule has 2 aromatic rings. The molecule has 0 radical (unpaired) electrons. The highest BCUT2D eigenvalue weighted by molar-refractivity contribution is 6.25. The summed E-state index contributed by atoms with van der Waals surface area (Å²) in [5.41, 5.74) is 3.85. The van der Waals surface area contributed by atoms with Crippen LogP contribution >= 0.6 is 0 Å². The first-order valence-electron chi connectivity index (χ1n) is 7.91. The molecule has 6 nitrogen and oxygen atoms in total. The van der Waals surface area contributed by atoms with Gasteiger partial charge in [0.05, 0.1) is 22.8 Å². The van der Waals surface area contributed by atoms with E-state index in [1.54, 1.807) is 13.1 Å². The van der Waals surface area contributed by atoms with Crippen molar-refractivity contribution in [3.63, 3.8) is 0 Å². The molecule has 24 heavy (non-hydrogen) atoms. The maximum atomic E-state index is 12.3. The van der Waals surface area contributed by atoms with Gasteiger partial charge >= 0.3 is 0 Å². The molecule has 1 unspecified atom stereocenters. The standard InChI is InChI=1S/C18H18N4O2/c1-9-16(23)15-11(7-8-19-15)13(20-9)10-5-4-6-12-14(10)22-18(2,3)17(24)21-12/h4-9,19,22H,1-3H3,(H,21,24). The Labute approximate surface area is 139 Å².